The summed E-state index contributed by atoms with van der Waals surface area (Å²) in [6, 6.07) is 15.6. The van der Waals surface area contributed by atoms with Crippen molar-refractivity contribution in [2.24, 2.45) is 0 Å². The third-order valence-corrected chi connectivity index (χ3v) is 3.93. The van der Waals surface area contributed by atoms with E-state index in [1.165, 1.54) is 12.1 Å². The largest absolute Gasteiger partial charge is 0.435 e. The summed E-state index contributed by atoms with van der Waals surface area (Å²) in [6.45, 7) is -0.485. The van der Waals surface area contributed by atoms with Crippen LogP contribution < -0.4 is 10.1 Å². The average Bonchev–Trinajstić information content (AvgIpc) is 3.13. The minimum absolute atomic E-state index is 0.100. The van der Waals surface area contributed by atoms with E-state index in [9.17, 15) is 13.6 Å². The van der Waals surface area contributed by atoms with E-state index in [2.05, 4.69) is 15.2 Å². The lowest BCUT2D eigenvalue weighted by molar-refractivity contribution is -0.0498. The van der Waals surface area contributed by atoms with Crippen LogP contribution in [0.1, 0.15) is 21.7 Å². The number of rotatable bonds is 7. The smallest absolute Gasteiger partial charge is 0.387 e. The maximum atomic E-state index is 12.2. The highest BCUT2D eigenvalue weighted by Gasteiger charge is 2.13. The second kappa shape index (κ2) is 8.44. The summed E-state index contributed by atoms with van der Waals surface area (Å²) in [5.41, 5.74) is 3.48. The number of hydrogen-bond acceptors (Lipinski definition) is 4. The number of alkyl halides is 2. The van der Waals surface area contributed by atoms with Gasteiger partial charge in [0.1, 0.15) is 11.4 Å². The highest BCUT2D eigenvalue weighted by Crippen LogP contribution is 2.19. The molecule has 7 heteroatoms. The molecule has 5 nitrogen and oxygen atoms in total. The number of carbonyl (C=O) groups is 1. The molecule has 1 heterocycles. The molecule has 0 aliphatic rings. The van der Waals surface area contributed by atoms with E-state index >= 15 is 0 Å². The lowest BCUT2D eigenvalue weighted by atomic mass is 10.1. The molecule has 3 rings (SSSR count). The predicted octanol–water partition coefficient (Wildman–Crippen LogP) is 4.22. The number of nitrogens with zero attached hydrogens (tertiary/aromatic N) is 1. The molecule has 0 unspecified atom stereocenters. The van der Waals surface area contributed by atoms with Crippen LogP contribution in [0.5, 0.6) is 5.75 Å². The van der Waals surface area contributed by atoms with Gasteiger partial charge in [-0.2, -0.15) is 8.78 Å². The van der Waals surface area contributed by atoms with E-state index in [0.717, 1.165) is 16.7 Å². The van der Waals surface area contributed by atoms with Gasteiger partial charge in [-0.1, -0.05) is 47.1 Å². The van der Waals surface area contributed by atoms with Gasteiger partial charge in [-0.25, -0.2) is 0 Å². The Labute approximate surface area is 154 Å². The topological polar surface area (TPSA) is 64.4 Å². The van der Waals surface area contributed by atoms with Crippen LogP contribution in [0.2, 0.25) is 0 Å². The first-order chi connectivity index (χ1) is 13.0. The Morgan fingerprint density at radius 1 is 1.15 bits per heavy atom. The molecule has 3 aromatic rings. The minimum atomic E-state index is -2.85. The number of aryl methyl sites for hydroxylation is 1. The van der Waals surface area contributed by atoms with E-state index in [-0.39, 0.29) is 17.4 Å². The predicted molar refractivity (Wildman–Crippen MR) is 95.8 cm³/mol. The quantitative estimate of drug-likeness (QED) is 0.674. The molecule has 0 aliphatic carbocycles. The van der Waals surface area contributed by atoms with Crippen LogP contribution >= 0.6 is 0 Å². The molecule has 0 saturated carbocycles. The zero-order valence-electron chi connectivity index (χ0n) is 14.6. The van der Waals surface area contributed by atoms with Crippen molar-refractivity contribution in [3.8, 4) is 17.0 Å². The maximum absolute atomic E-state index is 12.2. The van der Waals surface area contributed by atoms with Gasteiger partial charge in [0.05, 0.1) is 0 Å². The summed E-state index contributed by atoms with van der Waals surface area (Å²) >= 11 is 0. The van der Waals surface area contributed by atoms with Gasteiger partial charge in [-0.05, 0) is 31.0 Å². The summed E-state index contributed by atoms with van der Waals surface area (Å²) in [5.74, 6) is -0.132. The molecular weight excluding hydrogens is 354 g/mol. The summed E-state index contributed by atoms with van der Waals surface area (Å²) in [6.07, 6.45) is 0.541. The van der Waals surface area contributed by atoms with Crippen LogP contribution in [-0.2, 0) is 6.42 Å². The van der Waals surface area contributed by atoms with Crippen LogP contribution in [0.25, 0.3) is 11.3 Å². The van der Waals surface area contributed by atoms with Crippen molar-refractivity contribution in [1.29, 1.82) is 0 Å². The highest BCUT2D eigenvalue weighted by atomic mass is 19.3. The summed E-state index contributed by atoms with van der Waals surface area (Å²) < 4.78 is 33.6. The maximum Gasteiger partial charge on any atom is 0.387 e. The number of halogens is 2. The minimum Gasteiger partial charge on any atom is -0.435 e. The normalized spacial score (nSPS) is 10.8. The fourth-order valence-electron chi connectivity index (χ4n) is 2.49. The van der Waals surface area contributed by atoms with Gasteiger partial charge < -0.3 is 14.6 Å². The van der Waals surface area contributed by atoms with Crippen LogP contribution in [-0.4, -0.2) is 24.2 Å². The summed E-state index contributed by atoms with van der Waals surface area (Å²) in [7, 11) is 0. The first-order valence-electron chi connectivity index (χ1n) is 8.37. The Bertz CT molecular complexity index is 890. The molecule has 140 valence electrons. The first-order valence-corrected chi connectivity index (χ1v) is 8.37. The van der Waals surface area contributed by atoms with Gasteiger partial charge in [-0.15, -0.1) is 0 Å². The first kappa shape index (κ1) is 18.6. The molecule has 0 saturated heterocycles. The monoisotopic (exact) mass is 372 g/mol. The number of hydrogen-bond donors (Lipinski definition) is 1. The highest BCUT2D eigenvalue weighted by molar-refractivity contribution is 5.92. The van der Waals surface area contributed by atoms with E-state index < -0.39 is 6.61 Å². The van der Waals surface area contributed by atoms with Crippen molar-refractivity contribution in [3.63, 3.8) is 0 Å². The summed E-state index contributed by atoms with van der Waals surface area (Å²) in [5, 5.41) is 6.67. The molecule has 2 aromatic carbocycles. The number of nitrogens with one attached hydrogen (secondary N) is 1. The third-order valence-electron chi connectivity index (χ3n) is 3.93. The Balaban J connectivity index is 1.51. The van der Waals surface area contributed by atoms with E-state index in [0.29, 0.717) is 18.7 Å². The number of aromatic nitrogens is 1. The zero-order valence-corrected chi connectivity index (χ0v) is 14.6. The van der Waals surface area contributed by atoms with Gasteiger partial charge in [0.2, 0.25) is 5.76 Å². The SMILES string of the molecule is Cc1ccc(-c2cc(C(=O)NCCc3ccc(OC(F)F)cc3)on2)cc1. The fraction of sp³-hybridized carbons (Fsp3) is 0.200. The molecule has 27 heavy (non-hydrogen) atoms. The van der Waals surface area contributed by atoms with Crippen LogP contribution in [0.4, 0.5) is 8.78 Å². The molecule has 1 amide bonds. The standard InChI is InChI=1S/C20H18F2N2O3/c1-13-2-6-15(7-3-13)17-12-18(27-24-17)19(25)23-11-10-14-4-8-16(9-5-14)26-20(21)22/h2-9,12,20H,10-11H2,1H3,(H,23,25). The second-order valence-electron chi connectivity index (χ2n) is 5.97. The van der Waals surface area contributed by atoms with Crippen molar-refractivity contribution in [3.05, 3.63) is 71.5 Å². The molecule has 0 fully saturated rings. The number of ether oxygens (including phenoxy) is 1. The van der Waals surface area contributed by atoms with Crippen molar-refractivity contribution in [2.75, 3.05) is 6.54 Å². The van der Waals surface area contributed by atoms with Gasteiger partial charge in [-0.3, -0.25) is 4.79 Å². The molecule has 0 bridgehead atoms. The second-order valence-corrected chi connectivity index (χ2v) is 5.97. The van der Waals surface area contributed by atoms with E-state index in [1.54, 1.807) is 18.2 Å². The van der Waals surface area contributed by atoms with Crippen molar-refractivity contribution in [2.45, 2.75) is 20.0 Å². The number of amides is 1. The molecule has 1 aromatic heterocycles. The van der Waals surface area contributed by atoms with Crippen LogP contribution in [0.3, 0.4) is 0 Å². The lowest BCUT2D eigenvalue weighted by Gasteiger charge is -2.06. The number of benzene rings is 2. The van der Waals surface area contributed by atoms with Gasteiger partial charge in [0.15, 0.2) is 0 Å². The number of carbonyl (C=O) groups excluding carboxylic acids is 1. The molecule has 0 spiro atoms. The molecular formula is C20H18F2N2O3. The van der Waals surface area contributed by atoms with Crippen molar-refractivity contribution >= 4 is 5.91 Å². The molecule has 0 atom stereocenters. The van der Waals surface area contributed by atoms with E-state index in [1.807, 2.05) is 31.2 Å². The van der Waals surface area contributed by atoms with Gasteiger partial charge in [0.25, 0.3) is 5.91 Å². The Hall–Kier alpha value is -3.22. The lowest BCUT2D eigenvalue weighted by Crippen LogP contribution is -2.25. The Morgan fingerprint density at radius 2 is 1.85 bits per heavy atom. The average molecular weight is 372 g/mol. The summed E-state index contributed by atoms with van der Waals surface area (Å²) in [4.78, 5) is 12.2. The Kier molecular flexibility index (Phi) is 5.80. The van der Waals surface area contributed by atoms with Gasteiger partial charge >= 0.3 is 6.61 Å². The Morgan fingerprint density at radius 3 is 2.52 bits per heavy atom. The van der Waals surface area contributed by atoms with E-state index in [4.69, 9.17) is 4.52 Å². The molecule has 0 radical (unpaired) electrons. The van der Waals surface area contributed by atoms with Crippen molar-refractivity contribution in [1.82, 2.24) is 10.5 Å². The van der Waals surface area contributed by atoms with Crippen molar-refractivity contribution < 1.29 is 22.8 Å². The van der Waals surface area contributed by atoms with Gasteiger partial charge in [0, 0.05) is 18.2 Å². The van der Waals surface area contributed by atoms with Crippen LogP contribution in [0.15, 0.2) is 59.1 Å². The third kappa shape index (κ3) is 5.13. The fourth-order valence-corrected chi connectivity index (χ4v) is 2.49. The zero-order chi connectivity index (χ0) is 19.2. The molecule has 1 N–H and O–H groups in total. The molecule has 0 aliphatic heterocycles. The van der Waals surface area contributed by atoms with Crippen LogP contribution in [0, 0.1) is 6.92 Å².